The van der Waals surface area contributed by atoms with Crippen molar-refractivity contribution in [2.45, 2.75) is 138 Å². The van der Waals surface area contributed by atoms with E-state index in [1.165, 1.54) is 45.9 Å². The van der Waals surface area contributed by atoms with Crippen molar-refractivity contribution < 1.29 is 89.0 Å². The highest BCUT2D eigenvalue weighted by Gasteiger charge is 2.50. The highest BCUT2D eigenvalue weighted by molar-refractivity contribution is 5.98. The van der Waals surface area contributed by atoms with Crippen LogP contribution in [0.25, 0.3) is 4.85 Å². The molecule has 0 spiro atoms. The monoisotopic (exact) mass is 1020 g/mol. The van der Waals surface area contributed by atoms with Gasteiger partial charge in [-0.1, -0.05) is 13.0 Å². The topological polar surface area (TPSA) is 403 Å². The van der Waals surface area contributed by atoms with E-state index in [2.05, 4.69) is 36.7 Å². The van der Waals surface area contributed by atoms with Crippen molar-refractivity contribution in [3.8, 4) is 11.5 Å². The fourth-order valence-electron chi connectivity index (χ4n) is 8.34. The summed E-state index contributed by atoms with van der Waals surface area (Å²) in [6, 6.07) is -8.04. The van der Waals surface area contributed by atoms with Crippen LogP contribution in [-0.2, 0) is 39.9 Å². The Labute approximate surface area is 415 Å². The van der Waals surface area contributed by atoms with E-state index >= 15 is 0 Å². The summed E-state index contributed by atoms with van der Waals surface area (Å²) in [6.45, 7) is 11.5. The maximum atomic E-state index is 14.5. The molecule has 0 bridgehead atoms. The van der Waals surface area contributed by atoms with Crippen molar-refractivity contribution in [1.29, 1.82) is 0 Å². The molecule has 3 aliphatic rings. The van der Waals surface area contributed by atoms with Crippen LogP contribution in [0.3, 0.4) is 0 Å². The highest BCUT2D eigenvalue weighted by Crippen LogP contribution is 2.29. The molecule has 15 N–H and O–H groups in total. The molecule has 3 aliphatic heterocycles. The number of carbonyl (C=O) groups is 7. The van der Waals surface area contributed by atoms with Gasteiger partial charge in [0, 0.05) is 51.4 Å². The second-order valence-electron chi connectivity index (χ2n) is 19.2. The fourth-order valence-corrected chi connectivity index (χ4v) is 8.34. The van der Waals surface area contributed by atoms with Gasteiger partial charge in [-0.2, -0.15) is 0 Å². The maximum Gasteiger partial charge on any atom is 0.408 e. The summed E-state index contributed by atoms with van der Waals surface area (Å²) in [4.78, 5) is 103. The number of nitrogens with one attached hydrogen (secondary N) is 6. The van der Waals surface area contributed by atoms with Gasteiger partial charge >= 0.3 is 6.09 Å². The number of β-amino-alcohol motifs (C(OH)–C–C–N with tert-alkyl or cyclic N) is 1. The van der Waals surface area contributed by atoms with E-state index in [1.807, 2.05) is 0 Å². The summed E-state index contributed by atoms with van der Waals surface area (Å²) in [5.41, 5.74) is -0.887. The first-order chi connectivity index (χ1) is 33.8. The van der Waals surface area contributed by atoms with E-state index in [0.717, 1.165) is 16.7 Å². The predicted molar refractivity (Wildman–Crippen MR) is 248 cm³/mol. The van der Waals surface area contributed by atoms with Crippen LogP contribution in [0.2, 0.25) is 0 Å². The Bertz CT molecular complexity index is 2120. The number of hydrogen-bond acceptors (Lipinski definition) is 19. The van der Waals surface area contributed by atoms with Gasteiger partial charge in [0.25, 0.3) is 0 Å². The van der Waals surface area contributed by atoms with Crippen molar-refractivity contribution in [1.82, 2.24) is 41.7 Å². The van der Waals surface area contributed by atoms with Crippen LogP contribution in [0.5, 0.6) is 11.5 Å². The minimum Gasteiger partial charge on any atom is -0.504 e. The van der Waals surface area contributed by atoms with Crippen LogP contribution in [0.4, 0.5) is 4.79 Å². The number of fused-ring (bicyclic) bond motifs is 2. The van der Waals surface area contributed by atoms with Crippen molar-refractivity contribution in [3.63, 3.8) is 0 Å². The third-order valence-electron chi connectivity index (χ3n) is 12.1. The highest BCUT2D eigenvalue weighted by atomic mass is 16.6. The number of phenols is 1. The second kappa shape index (κ2) is 26.1. The first kappa shape index (κ1) is 58.6. The summed E-state index contributed by atoms with van der Waals surface area (Å²) in [7, 11) is 0. The summed E-state index contributed by atoms with van der Waals surface area (Å²) >= 11 is 0. The molecular weight excluding hydrogens is 955 g/mol. The number of hydrogen-bond donors (Lipinski definition) is 15. The lowest BCUT2D eigenvalue weighted by molar-refractivity contribution is -0.147. The van der Waals surface area contributed by atoms with Gasteiger partial charge in [0.1, 0.15) is 48.5 Å². The largest absolute Gasteiger partial charge is 0.504 e. The van der Waals surface area contributed by atoms with E-state index in [-0.39, 0.29) is 50.0 Å². The molecule has 0 saturated carbocycles. The van der Waals surface area contributed by atoms with Crippen LogP contribution in [-0.4, -0.2) is 234 Å². The Balaban J connectivity index is 1.80. The number of amides is 7. The molecule has 4 rings (SSSR count). The van der Waals surface area contributed by atoms with E-state index in [4.69, 9.17) is 16.0 Å². The average Bonchev–Trinajstić information content (AvgIpc) is 3.85. The lowest BCUT2D eigenvalue weighted by Crippen LogP contribution is -2.64. The molecule has 3 saturated heterocycles. The molecular formula is C45H69N9O18. The molecule has 0 unspecified atom stereocenters. The van der Waals surface area contributed by atoms with Gasteiger partial charge in [-0.25, -0.2) is 11.4 Å². The number of ether oxygens (including phenoxy) is 2. The number of aliphatic hydroxyl groups is 8. The quantitative estimate of drug-likeness (QED) is 0.0609. The number of phenolic OH excluding ortho intramolecular Hbond substituents is 1. The zero-order chi connectivity index (χ0) is 53.8. The molecule has 27 nitrogen and oxygen atoms in total. The zero-order valence-corrected chi connectivity index (χ0v) is 40.6. The SMILES string of the molecule is [C-]#[N+]C[C@@H](O)[C@@H]1NC(=O)[C@H]([C@H](O)Cc2ccc(O)c(OCCNC(CO)CO)c2)NC(=O)[C@@H]2C[C@@H](O)CN2C(=O)[C@H]([C@@H](C)O)NC(=O)[C@@H](NC(=O)OC(C)(C)C)C[C@@H](O)CNC(=O)[C@@H]2[C@@H](O)[C@@H](C)CN2C1=O. The molecule has 1 aromatic carbocycles. The Morgan fingerprint density at radius 1 is 0.861 bits per heavy atom. The lowest BCUT2D eigenvalue weighted by Gasteiger charge is -2.33. The third-order valence-corrected chi connectivity index (χ3v) is 12.1. The van der Waals surface area contributed by atoms with Gasteiger partial charge in [-0.3, -0.25) is 28.8 Å². The first-order valence-corrected chi connectivity index (χ1v) is 23.4. The van der Waals surface area contributed by atoms with Gasteiger partial charge in [0.05, 0.1) is 49.8 Å². The van der Waals surface area contributed by atoms with Crippen LogP contribution >= 0.6 is 0 Å². The molecule has 27 heteroatoms. The molecule has 402 valence electrons. The van der Waals surface area contributed by atoms with Gasteiger partial charge in [-0.05, 0) is 45.4 Å². The van der Waals surface area contributed by atoms with Crippen molar-refractivity contribution in [2.75, 3.05) is 52.5 Å². The van der Waals surface area contributed by atoms with E-state index in [0.29, 0.717) is 0 Å². The number of carbonyl (C=O) groups excluding carboxylic acids is 7. The normalized spacial score (nSPS) is 28.5. The van der Waals surface area contributed by atoms with Crippen LogP contribution in [0.15, 0.2) is 18.2 Å². The third kappa shape index (κ3) is 15.8. The maximum absolute atomic E-state index is 14.5. The first-order valence-electron chi connectivity index (χ1n) is 23.4. The molecule has 3 fully saturated rings. The van der Waals surface area contributed by atoms with Crippen molar-refractivity contribution in [2.24, 2.45) is 5.92 Å². The average molecular weight is 1020 g/mol. The number of nitrogens with zero attached hydrogens (tertiary/aromatic N) is 3. The Morgan fingerprint density at radius 3 is 2.12 bits per heavy atom. The minimum absolute atomic E-state index is 0.0809. The van der Waals surface area contributed by atoms with Crippen molar-refractivity contribution >= 4 is 41.5 Å². The fraction of sp³-hybridized carbons (Fsp3) is 0.689. The van der Waals surface area contributed by atoms with Gasteiger partial charge < -0.3 is 102 Å². The summed E-state index contributed by atoms with van der Waals surface area (Å²) in [6.07, 6.45) is -13.1. The number of alkyl carbamates (subject to hydrolysis) is 1. The number of aromatic hydroxyl groups is 1. The molecule has 7 amide bonds. The Hall–Kier alpha value is -5.96. The molecule has 0 aromatic heterocycles. The van der Waals surface area contributed by atoms with Gasteiger partial charge in [0.2, 0.25) is 42.0 Å². The van der Waals surface area contributed by atoms with E-state index in [9.17, 15) is 79.5 Å². The van der Waals surface area contributed by atoms with Gasteiger partial charge in [-0.15, -0.1) is 0 Å². The van der Waals surface area contributed by atoms with Crippen LogP contribution in [0, 0.1) is 12.5 Å². The summed E-state index contributed by atoms with van der Waals surface area (Å²) in [5, 5.41) is 111. The molecule has 0 radical (unpaired) electrons. The molecule has 3 heterocycles. The van der Waals surface area contributed by atoms with E-state index < -0.39 is 171 Å². The predicted octanol–water partition coefficient (Wildman–Crippen LogP) is -6.32. The Kier molecular flexibility index (Phi) is 21.3. The molecule has 0 aliphatic carbocycles. The van der Waals surface area contributed by atoms with Crippen molar-refractivity contribution in [3.05, 3.63) is 35.2 Å². The molecule has 72 heavy (non-hydrogen) atoms. The number of aliphatic hydroxyl groups excluding tert-OH is 8. The zero-order valence-electron chi connectivity index (χ0n) is 40.6. The summed E-state index contributed by atoms with van der Waals surface area (Å²) in [5.74, 6) is -8.32. The number of rotatable bonds is 14. The smallest absolute Gasteiger partial charge is 0.408 e. The minimum atomic E-state index is -2.11. The number of benzene rings is 1. The molecule has 1 aromatic rings. The van der Waals surface area contributed by atoms with E-state index in [1.54, 1.807) is 0 Å². The lowest BCUT2D eigenvalue weighted by atomic mass is 9.99. The second-order valence-corrected chi connectivity index (χ2v) is 19.2. The Morgan fingerprint density at radius 2 is 1.50 bits per heavy atom. The van der Waals surface area contributed by atoms with Gasteiger partial charge in [0.15, 0.2) is 17.6 Å². The van der Waals surface area contributed by atoms with Crippen LogP contribution in [0.1, 0.15) is 53.0 Å². The summed E-state index contributed by atoms with van der Waals surface area (Å²) < 4.78 is 10.9. The standard InChI is InChI=1S/C45H69N9O18/c1-21-17-54-36(37(21)63)41(67)48-15-25(58)13-27(49-44(70)72-45(3,4)5)38(64)50-33(22(2)57)42(68)53-18-26(59)14-28(53)39(65)51-34(40(66)52-35(43(54)69)31(62)16-46-6)30(61)11-23-7-8-29(60)32(12-23)71-10-9-47-24(19-55)20-56/h7-8,12,21-22,24-28,30-31,33-37,47,55-63H,9-11,13-20H2,1-5H3,(H,48,67)(H,49,70)(H,50,64)(H,51,65)(H,52,66)/t21-,22+,25+,26+,27-,28-,30+,31+,33-,34-,35-,36-,37-/m0/s1. The molecule has 13 atom stereocenters. The van der Waals surface area contributed by atoms with Crippen LogP contribution < -0.4 is 36.6 Å².